The van der Waals surface area contributed by atoms with E-state index in [-0.39, 0.29) is 17.1 Å². The van der Waals surface area contributed by atoms with Gasteiger partial charge in [-0.3, -0.25) is 4.79 Å². The SMILES string of the molecule is CSc1ccccc1NC(=O)[C@H](CCS(C)(=O)=O)NS(=O)(=O)c1ccccc1. The molecule has 0 unspecified atom stereocenters. The second kappa shape index (κ2) is 9.55. The maximum absolute atomic E-state index is 12.8. The summed E-state index contributed by atoms with van der Waals surface area (Å²) in [5.41, 5.74) is 0.531. The standard InChI is InChI=1S/C18H22N2O5S3/c1-26-17-11-7-6-10-15(17)19-18(21)16(12-13-27(2,22)23)20-28(24,25)14-8-4-3-5-9-14/h3-11,16,20H,12-13H2,1-2H3,(H,19,21)/t16-/m0/s1. The highest BCUT2D eigenvalue weighted by Gasteiger charge is 2.27. The van der Waals surface area contributed by atoms with Crippen molar-refractivity contribution in [3.05, 3.63) is 54.6 Å². The number of sulfonamides is 1. The third kappa shape index (κ3) is 6.62. The minimum atomic E-state index is -3.99. The molecule has 0 radical (unpaired) electrons. The van der Waals surface area contributed by atoms with Crippen LogP contribution >= 0.6 is 11.8 Å². The summed E-state index contributed by atoms with van der Waals surface area (Å²) >= 11 is 1.43. The average Bonchev–Trinajstić information content (AvgIpc) is 2.65. The number of thioether (sulfide) groups is 1. The molecular formula is C18H22N2O5S3. The minimum Gasteiger partial charge on any atom is -0.324 e. The molecule has 1 atom stereocenters. The van der Waals surface area contributed by atoms with E-state index in [1.165, 1.54) is 23.9 Å². The largest absolute Gasteiger partial charge is 0.324 e. The van der Waals surface area contributed by atoms with Gasteiger partial charge in [-0.2, -0.15) is 4.72 Å². The Hall–Kier alpha value is -1.88. The van der Waals surface area contributed by atoms with Gasteiger partial charge in [-0.05, 0) is 36.9 Å². The highest BCUT2D eigenvalue weighted by Crippen LogP contribution is 2.25. The molecule has 152 valence electrons. The zero-order chi connectivity index (χ0) is 20.8. The van der Waals surface area contributed by atoms with E-state index in [1.807, 2.05) is 18.4 Å². The van der Waals surface area contributed by atoms with Crippen molar-refractivity contribution >= 4 is 43.2 Å². The normalized spacial score (nSPS) is 13.1. The molecule has 10 heteroatoms. The van der Waals surface area contributed by atoms with Gasteiger partial charge in [-0.1, -0.05) is 30.3 Å². The number of anilines is 1. The van der Waals surface area contributed by atoms with Crippen LogP contribution < -0.4 is 10.0 Å². The monoisotopic (exact) mass is 442 g/mol. The molecule has 2 N–H and O–H groups in total. The number of amides is 1. The number of para-hydroxylation sites is 1. The third-order valence-corrected chi connectivity index (χ3v) is 7.07. The zero-order valence-corrected chi connectivity index (χ0v) is 17.9. The van der Waals surface area contributed by atoms with Gasteiger partial charge in [0.25, 0.3) is 0 Å². The Morgan fingerprint density at radius 1 is 1.00 bits per heavy atom. The molecule has 28 heavy (non-hydrogen) atoms. The Kier molecular flexibility index (Phi) is 7.64. The Morgan fingerprint density at radius 2 is 1.61 bits per heavy atom. The van der Waals surface area contributed by atoms with Crippen LogP contribution in [0.1, 0.15) is 6.42 Å². The number of rotatable bonds is 9. The van der Waals surface area contributed by atoms with Crippen molar-refractivity contribution in [3.63, 3.8) is 0 Å². The van der Waals surface area contributed by atoms with Crippen molar-refractivity contribution in [2.45, 2.75) is 22.3 Å². The predicted molar refractivity (Wildman–Crippen MR) is 112 cm³/mol. The molecule has 0 aliphatic rings. The lowest BCUT2D eigenvalue weighted by atomic mass is 10.2. The molecule has 0 heterocycles. The third-order valence-electron chi connectivity index (χ3n) is 3.81. The number of carbonyl (C=O) groups excluding carboxylic acids is 1. The number of benzene rings is 2. The summed E-state index contributed by atoms with van der Waals surface area (Å²) in [7, 11) is -7.37. The van der Waals surface area contributed by atoms with E-state index in [0.717, 1.165) is 11.2 Å². The van der Waals surface area contributed by atoms with Gasteiger partial charge in [0.2, 0.25) is 15.9 Å². The summed E-state index contributed by atoms with van der Waals surface area (Å²) in [5.74, 6) is -0.948. The first kappa shape index (κ1) is 22.4. The smallest absolute Gasteiger partial charge is 0.242 e. The molecule has 0 aliphatic heterocycles. The van der Waals surface area contributed by atoms with E-state index in [9.17, 15) is 21.6 Å². The topological polar surface area (TPSA) is 109 Å². The molecule has 0 aliphatic carbocycles. The van der Waals surface area contributed by atoms with E-state index in [0.29, 0.717) is 5.69 Å². The molecule has 2 aromatic carbocycles. The summed E-state index contributed by atoms with van der Waals surface area (Å²) in [5, 5.41) is 2.69. The molecule has 1 amide bonds. The summed E-state index contributed by atoms with van der Waals surface area (Å²) in [6.45, 7) is 0. The fourth-order valence-corrected chi connectivity index (χ4v) is 4.87. The molecule has 2 rings (SSSR count). The van der Waals surface area contributed by atoms with Crippen LogP contribution in [0, 0.1) is 0 Å². The minimum absolute atomic E-state index is 0.00308. The Labute approximate surface area is 169 Å². The van der Waals surface area contributed by atoms with E-state index in [1.54, 1.807) is 30.3 Å². The van der Waals surface area contributed by atoms with Gasteiger partial charge >= 0.3 is 0 Å². The van der Waals surface area contributed by atoms with Crippen LogP contribution in [-0.4, -0.2) is 47.0 Å². The van der Waals surface area contributed by atoms with Crippen LogP contribution in [0.5, 0.6) is 0 Å². The molecular weight excluding hydrogens is 420 g/mol. The van der Waals surface area contributed by atoms with E-state index >= 15 is 0 Å². The Balaban J connectivity index is 2.27. The van der Waals surface area contributed by atoms with Crippen LogP contribution in [0.15, 0.2) is 64.4 Å². The van der Waals surface area contributed by atoms with Gasteiger partial charge in [-0.15, -0.1) is 11.8 Å². The summed E-state index contributed by atoms with van der Waals surface area (Å²) in [6, 6.07) is 13.4. The fraction of sp³-hybridized carbons (Fsp3) is 0.278. The lowest BCUT2D eigenvalue weighted by Gasteiger charge is -2.19. The first-order valence-corrected chi connectivity index (χ1v) is 13.1. The first-order chi connectivity index (χ1) is 13.1. The molecule has 2 aromatic rings. The van der Waals surface area contributed by atoms with Crippen LogP contribution in [0.25, 0.3) is 0 Å². The Bertz CT molecular complexity index is 1020. The zero-order valence-electron chi connectivity index (χ0n) is 15.5. The van der Waals surface area contributed by atoms with E-state index in [4.69, 9.17) is 0 Å². The Morgan fingerprint density at radius 3 is 2.21 bits per heavy atom. The maximum atomic E-state index is 12.8. The first-order valence-electron chi connectivity index (χ1n) is 8.31. The second-order valence-electron chi connectivity index (χ2n) is 6.10. The van der Waals surface area contributed by atoms with Crippen LogP contribution in [0.2, 0.25) is 0 Å². The summed E-state index contributed by atoms with van der Waals surface area (Å²) in [6.07, 6.45) is 2.71. The van der Waals surface area contributed by atoms with E-state index in [2.05, 4.69) is 10.0 Å². The van der Waals surface area contributed by atoms with Gasteiger partial charge < -0.3 is 5.32 Å². The lowest BCUT2D eigenvalue weighted by Crippen LogP contribution is -2.44. The highest BCUT2D eigenvalue weighted by atomic mass is 32.2. The van der Waals surface area contributed by atoms with Crippen LogP contribution in [0.4, 0.5) is 5.69 Å². The van der Waals surface area contributed by atoms with Crippen molar-refractivity contribution in [2.75, 3.05) is 23.6 Å². The van der Waals surface area contributed by atoms with Crippen molar-refractivity contribution in [2.24, 2.45) is 0 Å². The van der Waals surface area contributed by atoms with Gasteiger partial charge in [-0.25, -0.2) is 16.8 Å². The number of hydrogen-bond acceptors (Lipinski definition) is 6. The van der Waals surface area contributed by atoms with Gasteiger partial charge in [0, 0.05) is 11.2 Å². The molecule has 0 fully saturated rings. The molecule has 0 saturated heterocycles. The summed E-state index contributed by atoms with van der Waals surface area (Å²) < 4.78 is 50.6. The van der Waals surface area contributed by atoms with Crippen molar-refractivity contribution in [1.82, 2.24) is 4.72 Å². The quantitative estimate of drug-likeness (QED) is 0.576. The number of hydrogen-bond donors (Lipinski definition) is 2. The van der Waals surface area contributed by atoms with Crippen molar-refractivity contribution in [1.29, 1.82) is 0 Å². The molecule has 7 nitrogen and oxygen atoms in total. The van der Waals surface area contributed by atoms with Crippen molar-refractivity contribution < 1.29 is 21.6 Å². The van der Waals surface area contributed by atoms with E-state index < -0.39 is 31.8 Å². The molecule has 0 bridgehead atoms. The van der Waals surface area contributed by atoms with Gasteiger partial charge in [0.05, 0.1) is 16.3 Å². The maximum Gasteiger partial charge on any atom is 0.242 e. The highest BCUT2D eigenvalue weighted by molar-refractivity contribution is 7.98. The number of carbonyl (C=O) groups is 1. The lowest BCUT2D eigenvalue weighted by molar-refractivity contribution is -0.117. The fourth-order valence-electron chi connectivity index (χ4n) is 2.40. The number of nitrogens with one attached hydrogen (secondary N) is 2. The van der Waals surface area contributed by atoms with Crippen LogP contribution in [-0.2, 0) is 24.7 Å². The summed E-state index contributed by atoms with van der Waals surface area (Å²) in [4.78, 5) is 13.6. The van der Waals surface area contributed by atoms with Gasteiger partial charge in [0.15, 0.2) is 0 Å². The van der Waals surface area contributed by atoms with Crippen LogP contribution in [0.3, 0.4) is 0 Å². The van der Waals surface area contributed by atoms with Gasteiger partial charge in [0.1, 0.15) is 15.9 Å². The molecule has 0 spiro atoms. The second-order valence-corrected chi connectivity index (χ2v) is 10.9. The average molecular weight is 443 g/mol. The molecule has 0 saturated carbocycles. The predicted octanol–water partition coefficient (Wildman–Crippen LogP) is 2.13. The molecule has 0 aromatic heterocycles. The number of sulfone groups is 1. The van der Waals surface area contributed by atoms with Crippen molar-refractivity contribution in [3.8, 4) is 0 Å².